The number of rotatable bonds is 3. The summed E-state index contributed by atoms with van der Waals surface area (Å²) < 4.78 is 12.0. The maximum atomic E-state index is 6.01. The molecule has 4 atom stereocenters. The third-order valence-corrected chi connectivity index (χ3v) is 6.07. The van der Waals surface area contributed by atoms with E-state index in [0.717, 1.165) is 35.7 Å². The lowest BCUT2D eigenvalue weighted by molar-refractivity contribution is -0.188. The molecule has 5 nitrogen and oxygen atoms in total. The Morgan fingerprint density at radius 1 is 1.31 bits per heavy atom. The molecule has 1 aliphatic heterocycles. The Morgan fingerprint density at radius 2 is 2.12 bits per heavy atom. The maximum absolute atomic E-state index is 6.01. The molecule has 1 aromatic carbocycles. The number of guanidine groups is 1. The van der Waals surface area contributed by atoms with E-state index in [9.17, 15) is 0 Å². The van der Waals surface area contributed by atoms with Gasteiger partial charge in [0.1, 0.15) is 11.3 Å². The van der Waals surface area contributed by atoms with E-state index in [0.29, 0.717) is 18.1 Å². The molecule has 1 aliphatic carbocycles. The lowest BCUT2D eigenvalue weighted by Crippen LogP contribution is -2.71. The molecular formula is C21H29N3O2. The van der Waals surface area contributed by atoms with Crippen molar-refractivity contribution in [2.75, 3.05) is 13.7 Å². The minimum Gasteiger partial charge on any atom is -0.459 e. The van der Waals surface area contributed by atoms with Crippen LogP contribution in [0.2, 0.25) is 0 Å². The zero-order valence-corrected chi connectivity index (χ0v) is 16.1. The molecule has 2 N–H and O–H groups in total. The van der Waals surface area contributed by atoms with Crippen molar-refractivity contribution in [1.82, 2.24) is 10.6 Å². The molecule has 5 heteroatoms. The van der Waals surface area contributed by atoms with Crippen molar-refractivity contribution in [3.8, 4) is 0 Å². The van der Waals surface area contributed by atoms with Gasteiger partial charge in [-0.15, -0.1) is 0 Å². The van der Waals surface area contributed by atoms with Crippen LogP contribution in [0.15, 0.2) is 39.7 Å². The largest absolute Gasteiger partial charge is 0.459 e. The fourth-order valence-electron chi connectivity index (χ4n) is 4.63. The molecule has 4 rings (SSSR count). The Hall–Kier alpha value is -2.01. The van der Waals surface area contributed by atoms with Gasteiger partial charge in [-0.3, -0.25) is 4.99 Å². The number of nitrogens with one attached hydrogen (secondary N) is 2. The third-order valence-electron chi connectivity index (χ3n) is 6.07. The molecule has 2 aliphatic rings. The van der Waals surface area contributed by atoms with Crippen LogP contribution in [0.5, 0.6) is 0 Å². The Morgan fingerprint density at radius 3 is 2.88 bits per heavy atom. The summed E-state index contributed by atoms with van der Waals surface area (Å²) in [7, 11) is 1.82. The van der Waals surface area contributed by atoms with Crippen molar-refractivity contribution in [2.24, 2.45) is 16.3 Å². The Bertz CT molecular complexity index is 777. The molecule has 0 amide bonds. The Balaban J connectivity index is 1.44. The number of hydrogen-bond acceptors (Lipinski definition) is 3. The molecule has 0 bridgehead atoms. The normalized spacial score (nSPS) is 28.9. The van der Waals surface area contributed by atoms with Crippen LogP contribution in [-0.4, -0.2) is 31.8 Å². The summed E-state index contributed by atoms with van der Waals surface area (Å²) >= 11 is 0. The number of fused-ring (bicyclic) bond motifs is 2. The van der Waals surface area contributed by atoms with Crippen LogP contribution in [-0.2, 0) is 4.74 Å². The molecule has 140 valence electrons. The van der Waals surface area contributed by atoms with Crippen molar-refractivity contribution >= 4 is 16.9 Å². The van der Waals surface area contributed by atoms with Crippen molar-refractivity contribution in [2.45, 2.75) is 51.8 Å². The van der Waals surface area contributed by atoms with Gasteiger partial charge in [-0.1, -0.05) is 32.0 Å². The lowest BCUT2D eigenvalue weighted by atomic mass is 9.55. The van der Waals surface area contributed by atoms with Crippen molar-refractivity contribution in [3.63, 3.8) is 0 Å². The van der Waals surface area contributed by atoms with Gasteiger partial charge < -0.3 is 19.8 Å². The van der Waals surface area contributed by atoms with E-state index in [4.69, 9.17) is 9.15 Å². The number of benzene rings is 1. The smallest absolute Gasteiger partial charge is 0.191 e. The van der Waals surface area contributed by atoms with Crippen molar-refractivity contribution in [3.05, 3.63) is 36.1 Å². The number of nitrogens with zero attached hydrogens (tertiary/aromatic N) is 1. The molecule has 2 aromatic rings. The molecule has 0 spiro atoms. The quantitative estimate of drug-likeness (QED) is 0.648. The van der Waals surface area contributed by atoms with Crippen LogP contribution in [0.3, 0.4) is 0 Å². The SMILES string of the molecule is CN=C(NC(C)c1cc2ccccc2o1)NC1C2CCCOC2C1(C)C. The topological polar surface area (TPSA) is 58.8 Å². The zero-order valence-electron chi connectivity index (χ0n) is 16.1. The summed E-state index contributed by atoms with van der Waals surface area (Å²) in [6, 6.07) is 10.6. The van der Waals surface area contributed by atoms with E-state index >= 15 is 0 Å². The van der Waals surface area contributed by atoms with Gasteiger partial charge in [0, 0.05) is 36.4 Å². The van der Waals surface area contributed by atoms with E-state index in [1.807, 2.05) is 25.2 Å². The van der Waals surface area contributed by atoms with Gasteiger partial charge in [-0.05, 0) is 31.9 Å². The highest BCUT2D eigenvalue weighted by Crippen LogP contribution is 2.51. The first-order chi connectivity index (χ1) is 12.5. The minimum atomic E-state index is 0.0372. The Kier molecular flexibility index (Phi) is 4.43. The molecule has 0 radical (unpaired) electrons. The van der Waals surface area contributed by atoms with Crippen molar-refractivity contribution < 1.29 is 9.15 Å². The van der Waals surface area contributed by atoms with Crippen LogP contribution in [0, 0.1) is 11.3 Å². The van der Waals surface area contributed by atoms with E-state index in [-0.39, 0.29) is 11.5 Å². The van der Waals surface area contributed by atoms with E-state index in [1.165, 1.54) is 6.42 Å². The number of aliphatic imine (C=N–C) groups is 1. The van der Waals surface area contributed by atoms with E-state index in [1.54, 1.807) is 0 Å². The first-order valence-corrected chi connectivity index (χ1v) is 9.60. The summed E-state index contributed by atoms with van der Waals surface area (Å²) in [5, 5.41) is 8.25. The predicted molar refractivity (Wildman–Crippen MR) is 104 cm³/mol. The monoisotopic (exact) mass is 355 g/mol. The number of hydrogen-bond donors (Lipinski definition) is 2. The average Bonchev–Trinajstić information content (AvgIpc) is 3.09. The predicted octanol–water partition coefficient (Wildman–Crippen LogP) is 3.86. The van der Waals surface area contributed by atoms with Gasteiger partial charge >= 0.3 is 0 Å². The van der Waals surface area contributed by atoms with Crippen LogP contribution >= 0.6 is 0 Å². The van der Waals surface area contributed by atoms with Crippen LogP contribution < -0.4 is 10.6 Å². The highest BCUT2D eigenvalue weighted by Gasteiger charge is 2.58. The molecular weight excluding hydrogens is 326 g/mol. The molecule has 4 unspecified atom stereocenters. The summed E-state index contributed by atoms with van der Waals surface area (Å²) in [6.45, 7) is 7.57. The number of ether oxygens (including phenoxy) is 1. The van der Waals surface area contributed by atoms with Gasteiger partial charge in [0.15, 0.2) is 5.96 Å². The summed E-state index contributed by atoms with van der Waals surface area (Å²) in [5.41, 5.74) is 1.03. The van der Waals surface area contributed by atoms with Crippen LogP contribution in [0.25, 0.3) is 11.0 Å². The van der Waals surface area contributed by atoms with Crippen LogP contribution in [0.4, 0.5) is 0 Å². The molecule has 1 aromatic heterocycles. The highest BCUT2D eigenvalue weighted by atomic mass is 16.5. The highest BCUT2D eigenvalue weighted by molar-refractivity contribution is 5.81. The molecule has 1 saturated heterocycles. The fraction of sp³-hybridized carbons (Fsp3) is 0.571. The fourth-order valence-corrected chi connectivity index (χ4v) is 4.63. The van der Waals surface area contributed by atoms with E-state index in [2.05, 4.69) is 48.5 Å². The summed E-state index contributed by atoms with van der Waals surface area (Å²) in [5.74, 6) is 2.31. The number of furan rings is 1. The zero-order chi connectivity index (χ0) is 18.3. The minimum absolute atomic E-state index is 0.0372. The standard InChI is InChI=1S/C21H29N3O2/c1-13(17-12-14-8-5-6-10-16(14)26-17)23-20(22-4)24-18-15-9-7-11-25-19(15)21(18,2)3/h5-6,8,10,12-13,15,18-19H,7,9,11H2,1-4H3,(H2,22,23,24). The third kappa shape index (κ3) is 2.88. The van der Waals surface area contributed by atoms with Gasteiger partial charge in [-0.25, -0.2) is 0 Å². The Labute approximate surface area is 155 Å². The molecule has 26 heavy (non-hydrogen) atoms. The number of para-hydroxylation sites is 1. The van der Waals surface area contributed by atoms with Crippen molar-refractivity contribution in [1.29, 1.82) is 0 Å². The van der Waals surface area contributed by atoms with Gasteiger partial charge in [0.05, 0.1) is 12.1 Å². The van der Waals surface area contributed by atoms with Gasteiger partial charge in [-0.2, -0.15) is 0 Å². The van der Waals surface area contributed by atoms with E-state index < -0.39 is 0 Å². The molecule has 1 saturated carbocycles. The second-order valence-corrected chi connectivity index (χ2v) is 8.17. The summed E-state index contributed by atoms with van der Waals surface area (Å²) in [4.78, 5) is 4.44. The maximum Gasteiger partial charge on any atom is 0.191 e. The second-order valence-electron chi connectivity index (χ2n) is 8.17. The van der Waals surface area contributed by atoms with Crippen LogP contribution in [0.1, 0.15) is 45.4 Å². The molecule has 2 fully saturated rings. The first kappa shape index (κ1) is 17.4. The molecule has 2 heterocycles. The first-order valence-electron chi connectivity index (χ1n) is 9.60. The summed E-state index contributed by atoms with van der Waals surface area (Å²) in [6.07, 6.45) is 2.73. The van der Waals surface area contributed by atoms with Gasteiger partial charge in [0.2, 0.25) is 0 Å². The lowest BCUT2D eigenvalue weighted by Gasteiger charge is -2.60. The second kappa shape index (κ2) is 6.62. The van der Waals surface area contributed by atoms with Gasteiger partial charge in [0.25, 0.3) is 0 Å². The average molecular weight is 355 g/mol.